The maximum atomic E-state index is 11.9. The van der Waals surface area contributed by atoms with E-state index in [1.807, 2.05) is 0 Å². The minimum Gasteiger partial charge on any atom is -0.347 e. The molecule has 0 bridgehead atoms. The van der Waals surface area contributed by atoms with Crippen LogP contribution in [0.5, 0.6) is 0 Å². The van der Waals surface area contributed by atoms with E-state index in [4.69, 9.17) is 0 Å². The molecule has 1 heterocycles. The Morgan fingerprint density at radius 2 is 1.94 bits per heavy atom. The van der Waals surface area contributed by atoms with Crippen molar-refractivity contribution in [1.29, 1.82) is 0 Å². The van der Waals surface area contributed by atoms with Crippen molar-refractivity contribution in [2.75, 3.05) is 0 Å². The number of amides is 1. The average Bonchev–Trinajstić information content (AvgIpc) is 2.63. The third kappa shape index (κ3) is 3.05. The van der Waals surface area contributed by atoms with Gasteiger partial charge in [0.05, 0.1) is 0 Å². The first-order chi connectivity index (χ1) is 8.04. The second-order valence-corrected chi connectivity index (χ2v) is 5.33. The summed E-state index contributed by atoms with van der Waals surface area (Å²) in [6, 6.07) is 0.264. The molecule has 1 saturated carbocycles. The highest BCUT2D eigenvalue weighted by atomic mass is 16.2. The predicted octanol–water partition coefficient (Wildman–Crippen LogP) is 1.67. The molecule has 94 valence electrons. The molecular weight excluding hydrogens is 216 g/mol. The minimum atomic E-state index is -0.166. The lowest BCUT2D eigenvalue weighted by molar-refractivity contribution is 0.0901. The van der Waals surface area contributed by atoms with Gasteiger partial charge in [-0.3, -0.25) is 9.89 Å². The van der Waals surface area contributed by atoms with Gasteiger partial charge in [0.1, 0.15) is 5.82 Å². The van der Waals surface area contributed by atoms with Gasteiger partial charge in [-0.15, -0.1) is 5.10 Å². The second-order valence-electron chi connectivity index (χ2n) is 5.33. The Morgan fingerprint density at radius 3 is 2.47 bits per heavy atom. The fourth-order valence-corrected chi connectivity index (χ4v) is 2.76. The van der Waals surface area contributed by atoms with Crippen LogP contribution >= 0.6 is 0 Å². The van der Waals surface area contributed by atoms with Gasteiger partial charge in [-0.2, -0.15) is 0 Å². The van der Waals surface area contributed by atoms with Crippen molar-refractivity contribution >= 4 is 5.91 Å². The number of rotatable bonds is 2. The molecule has 0 radical (unpaired) electrons. The molecule has 5 nitrogen and oxygen atoms in total. The van der Waals surface area contributed by atoms with E-state index in [1.54, 1.807) is 6.92 Å². The van der Waals surface area contributed by atoms with Crippen LogP contribution < -0.4 is 5.32 Å². The summed E-state index contributed by atoms with van der Waals surface area (Å²) in [4.78, 5) is 15.9. The Balaban J connectivity index is 1.94. The lowest BCUT2D eigenvalue weighted by Crippen LogP contribution is -2.40. The lowest BCUT2D eigenvalue weighted by atomic mass is 9.80. The van der Waals surface area contributed by atoms with E-state index in [0.29, 0.717) is 17.7 Å². The van der Waals surface area contributed by atoms with Crippen molar-refractivity contribution in [3.63, 3.8) is 0 Å². The highest BCUT2D eigenvalue weighted by molar-refractivity contribution is 5.90. The number of carbonyl (C=O) groups is 1. The number of nitrogens with one attached hydrogen (secondary N) is 2. The van der Waals surface area contributed by atoms with Crippen LogP contribution in [0.2, 0.25) is 0 Å². The highest BCUT2D eigenvalue weighted by Gasteiger charge is 2.26. The van der Waals surface area contributed by atoms with Crippen LogP contribution in [-0.2, 0) is 0 Å². The van der Waals surface area contributed by atoms with Crippen molar-refractivity contribution in [2.45, 2.75) is 46.1 Å². The molecule has 0 aliphatic heterocycles. The molecule has 0 spiro atoms. The van der Waals surface area contributed by atoms with Gasteiger partial charge in [0, 0.05) is 6.04 Å². The topological polar surface area (TPSA) is 70.7 Å². The van der Waals surface area contributed by atoms with Crippen LogP contribution in [0.25, 0.3) is 0 Å². The number of carbonyl (C=O) groups excluding carboxylic acids is 1. The SMILES string of the molecule is Cc1nc(C(=O)NC2CC(C)CC(C)C2)n[nH]1. The molecule has 0 aromatic carbocycles. The van der Waals surface area contributed by atoms with Gasteiger partial charge >= 0.3 is 0 Å². The quantitative estimate of drug-likeness (QED) is 0.820. The third-order valence-corrected chi connectivity index (χ3v) is 3.31. The molecule has 1 aliphatic carbocycles. The molecule has 1 fully saturated rings. The van der Waals surface area contributed by atoms with Crippen LogP contribution in [0.1, 0.15) is 49.6 Å². The van der Waals surface area contributed by atoms with Crippen molar-refractivity contribution in [2.24, 2.45) is 11.8 Å². The Kier molecular flexibility index (Phi) is 3.45. The molecule has 2 rings (SSSR count). The van der Waals surface area contributed by atoms with Crippen LogP contribution in [0.15, 0.2) is 0 Å². The van der Waals surface area contributed by atoms with Crippen molar-refractivity contribution < 1.29 is 4.79 Å². The first kappa shape index (κ1) is 12.1. The number of aromatic nitrogens is 3. The maximum absolute atomic E-state index is 11.9. The Labute approximate surface area is 101 Å². The Bertz CT molecular complexity index is 391. The van der Waals surface area contributed by atoms with Crippen molar-refractivity contribution in [3.8, 4) is 0 Å². The van der Waals surface area contributed by atoms with E-state index in [9.17, 15) is 4.79 Å². The fraction of sp³-hybridized carbons (Fsp3) is 0.750. The summed E-state index contributed by atoms with van der Waals surface area (Å²) in [5.41, 5.74) is 0. The monoisotopic (exact) mass is 236 g/mol. The second kappa shape index (κ2) is 4.85. The van der Waals surface area contributed by atoms with E-state index in [0.717, 1.165) is 12.8 Å². The van der Waals surface area contributed by atoms with Gasteiger partial charge < -0.3 is 5.32 Å². The van der Waals surface area contributed by atoms with Crippen molar-refractivity contribution in [1.82, 2.24) is 20.5 Å². The van der Waals surface area contributed by atoms with Crippen LogP contribution in [-0.4, -0.2) is 27.1 Å². The molecule has 1 aliphatic rings. The largest absolute Gasteiger partial charge is 0.347 e. The standard InChI is InChI=1S/C12H20N4O/c1-7-4-8(2)6-10(5-7)14-12(17)11-13-9(3)15-16-11/h7-8,10H,4-6H2,1-3H3,(H,14,17)(H,13,15,16). The zero-order chi connectivity index (χ0) is 12.4. The molecule has 0 saturated heterocycles. The van der Waals surface area contributed by atoms with Gasteiger partial charge in [0.2, 0.25) is 5.82 Å². The molecule has 1 amide bonds. The highest BCUT2D eigenvalue weighted by Crippen LogP contribution is 2.28. The zero-order valence-electron chi connectivity index (χ0n) is 10.7. The maximum Gasteiger partial charge on any atom is 0.291 e. The molecule has 2 atom stereocenters. The van der Waals surface area contributed by atoms with Crippen molar-refractivity contribution in [3.05, 3.63) is 11.6 Å². The molecular formula is C12H20N4O. The summed E-state index contributed by atoms with van der Waals surface area (Å²) in [5, 5.41) is 9.58. The molecule has 1 aromatic rings. The minimum absolute atomic E-state index is 0.166. The number of nitrogens with zero attached hydrogens (tertiary/aromatic N) is 2. The summed E-state index contributed by atoms with van der Waals surface area (Å²) >= 11 is 0. The fourth-order valence-electron chi connectivity index (χ4n) is 2.76. The summed E-state index contributed by atoms with van der Waals surface area (Å²) in [7, 11) is 0. The summed E-state index contributed by atoms with van der Waals surface area (Å²) < 4.78 is 0. The number of hydrogen-bond donors (Lipinski definition) is 2. The van der Waals surface area contributed by atoms with Gasteiger partial charge in [0.25, 0.3) is 5.91 Å². The molecule has 5 heteroatoms. The molecule has 17 heavy (non-hydrogen) atoms. The zero-order valence-corrected chi connectivity index (χ0v) is 10.7. The normalized spacial score (nSPS) is 29.0. The van der Waals surface area contributed by atoms with Crippen LogP contribution in [0.3, 0.4) is 0 Å². The number of aryl methyl sites for hydroxylation is 1. The van der Waals surface area contributed by atoms with Crippen LogP contribution in [0, 0.1) is 18.8 Å². The Morgan fingerprint density at radius 1 is 1.29 bits per heavy atom. The first-order valence-corrected chi connectivity index (χ1v) is 6.24. The molecule has 2 N–H and O–H groups in total. The van der Waals surface area contributed by atoms with E-state index in [2.05, 4.69) is 34.3 Å². The average molecular weight is 236 g/mol. The van der Waals surface area contributed by atoms with Gasteiger partial charge in [-0.05, 0) is 38.0 Å². The molecule has 1 aromatic heterocycles. The summed E-state index contributed by atoms with van der Waals surface area (Å²) in [5.74, 6) is 2.10. The van der Waals surface area contributed by atoms with E-state index >= 15 is 0 Å². The number of H-pyrrole nitrogens is 1. The predicted molar refractivity (Wildman–Crippen MR) is 64.6 cm³/mol. The Hall–Kier alpha value is -1.39. The first-order valence-electron chi connectivity index (χ1n) is 6.24. The third-order valence-electron chi connectivity index (χ3n) is 3.31. The van der Waals surface area contributed by atoms with Gasteiger partial charge in [-0.25, -0.2) is 4.98 Å². The van der Waals surface area contributed by atoms with Gasteiger partial charge in [-0.1, -0.05) is 13.8 Å². The van der Waals surface area contributed by atoms with E-state index in [1.165, 1.54) is 6.42 Å². The van der Waals surface area contributed by atoms with Gasteiger partial charge in [0.15, 0.2) is 0 Å². The van der Waals surface area contributed by atoms with E-state index < -0.39 is 0 Å². The van der Waals surface area contributed by atoms with Crippen LogP contribution in [0.4, 0.5) is 0 Å². The number of hydrogen-bond acceptors (Lipinski definition) is 3. The lowest BCUT2D eigenvalue weighted by Gasteiger charge is -2.31. The smallest absolute Gasteiger partial charge is 0.291 e. The summed E-state index contributed by atoms with van der Waals surface area (Å²) in [6.45, 7) is 6.27. The summed E-state index contributed by atoms with van der Waals surface area (Å²) in [6.07, 6.45) is 3.37. The molecule has 2 unspecified atom stereocenters. The number of aromatic amines is 1. The van der Waals surface area contributed by atoms with E-state index in [-0.39, 0.29) is 17.8 Å².